The molecule has 0 radical (unpaired) electrons. The lowest BCUT2D eigenvalue weighted by atomic mass is 10.1. The van der Waals surface area contributed by atoms with E-state index in [-0.39, 0.29) is 5.82 Å². The molecule has 0 aliphatic rings. The zero-order chi connectivity index (χ0) is 15.4. The maximum absolute atomic E-state index is 13.8. The van der Waals surface area contributed by atoms with Crippen LogP contribution in [0.2, 0.25) is 0 Å². The summed E-state index contributed by atoms with van der Waals surface area (Å²) in [6, 6.07) is 4.75. The van der Waals surface area contributed by atoms with Crippen LogP contribution in [0.3, 0.4) is 0 Å². The van der Waals surface area contributed by atoms with Crippen molar-refractivity contribution in [2.24, 2.45) is 5.84 Å². The Balaban J connectivity index is 2.56. The molecule has 1 aromatic carbocycles. The molecule has 0 atom stereocenters. The van der Waals surface area contributed by atoms with Gasteiger partial charge in [-0.05, 0) is 23.8 Å². The minimum atomic E-state index is -0.552. The summed E-state index contributed by atoms with van der Waals surface area (Å²) in [5, 5.41) is 0. The van der Waals surface area contributed by atoms with Crippen molar-refractivity contribution in [2.45, 2.75) is 0 Å². The van der Waals surface area contributed by atoms with Gasteiger partial charge >= 0.3 is 0 Å². The lowest BCUT2D eigenvalue weighted by molar-refractivity contribution is 0.324. The zero-order valence-electron chi connectivity index (χ0n) is 11.9. The van der Waals surface area contributed by atoms with E-state index < -0.39 is 5.82 Å². The van der Waals surface area contributed by atoms with E-state index in [1.54, 1.807) is 12.1 Å². The molecule has 7 heteroatoms. The van der Waals surface area contributed by atoms with Crippen molar-refractivity contribution in [1.82, 2.24) is 4.98 Å². The van der Waals surface area contributed by atoms with Gasteiger partial charge in [-0.25, -0.2) is 15.2 Å². The molecule has 0 amide bonds. The number of nitrogens with two attached hydrogens (primary N) is 1. The predicted octanol–water partition coefficient (Wildman–Crippen LogP) is 2.20. The number of nitrogens with one attached hydrogen (secondary N) is 1. The number of pyridine rings is 1. The van der Waals surface area contributed by atoms with Crippen LogP contribution in [0.1, 0.15) is 0 Å². The Morgan fingerprint density at radius 2 is 1.62 bits per heavy atom. The van der Waals surface area contributed by atoms with Crippen LogP contribution in [0, 0.1) is 5.82 Å². The van der Waals surface area contributed by atoms with Crippen LogP contribution < -0.4 is 25.5 Å². The van der Waals surface area contributed by atoms with Gasteiger partial charge in [0.05, 0.1) is 21.3 Å². The summed E-state index contributed by atoms with van der Waals surface area (Å²) in [5.41, 5.74) is 3.42. The third-order valence-electron chi connectivity index (χ3n) is 2.98. The molecule has 6 nitrogen and oxygen atoms in total. The molecule has 1 aromatic heterocycles. The smallest absolute Gasteiger partial charge is 0.203 e. The van der Waals surface area contributed by atoms with Gasteiger partial charge < -0.3 is 19.6 Å². The van der Waals surface area contributed by atoms with Crippen LogP contribution in [-0.2, 0) is 0 Å². The Kier molecular flexibility index (Phi) is 4.44. The molecule has 0 aliphatic carbocycles. The van der Waals surface area contributed by atoms with Gasteiger partial charge in [0, 0.05) is 11.8 Å². The van der Waals surface area contributed by atoms with Gasteiger partial charge in [-0.1, -0.05) is 0 Å². The Morgan fingerprint density at radius 1 is 1.00 bits per heavy atom. The van der Waals surface area contributed by atoms with Gasteiger partial charge in [0.15, 0.2) is 23.1 Å². The van der Waals surface area contributed by atoms with Crippen LogP contribution in [0.15, 0.2) is 24.4 Å². The molecule has 0 unspecified atom stereocenters. The number of nitrogen functional groups attached to an aromatic ring is 1. The SMILES string of the molecule is COc1cc(-c2cnc(NN)c(F)c2)cc(OC)c1OC. The molecule has 0 spiro atoms. The third-order valence-corrected chi connectivity index (χ3v) is 2.98. The Bertz CT molecular complexity index is 624. The highest BCUT2D eigenvalue weighted by atomic mass is 19.1. The van der Waals surface area contributed by atoms with Gasteiger partial charge in [0.2, 0.25) is 5.75 Å². The molecular formula is C14H16FN3O3. The monoisotopic (exact) mass is 293 g/mol. The fourth-order valence-electron chi connectivity index (χ4n) is 1.95. The number of ether oxygens (including phenoxy) is 3. The maximum atomic E-state index is 13.8. The largest absolute Gasteiger partial charge is 0.493 e. The van der Waals surface area contributed by atoms with Crippen molar-refractivity contribution in [3.63, 3.8) is 0 Å². The van der Waals surface area contributed by atoms with Crippen molar-refractivity contribution >= 4 is 5.82 Å². The second kappa shape index (κ2) is 6.27. The topological polar surface area (TPSA) is 78.6 Å². The third kappa shape index (κ3) is 2.82. The molecule has 0 aliphatic heterocycles. The molecule has 0 saturated heterocycles. The van der Waals surface area contributed by atoms with E-state index in [0.717, 1.165) is 0 Å². The fourth-order valence-corrected chi connectivity index (χ4v) is 1.95. The minimum Gasteiger partial charge on any atom is -0.493 e. The summed E-state index contributed by atoms with van der Waals surface area (Å²) < 4.78 is 29.5. The number of halogens is 1. The highest BCUT2D eigenvalue weighted by Crippen LogP contribution is 2.41. The minimum absolute atomic E-state index is 0.0220. The molecule has 2 aromatic rings. The van der Waals surface area contributed by atoms with Gasteiger partial charge in [-0.2, -0.15) is 0 Å². The highest BCUT2D eigenvalue weighted by molar-refractivity contribution is 5.71. The second-order valence-electron chi connectivity index (χ2n) is 4.11. The number of hydrazine groups is 1. The summed E-state index contributed by atoms with van der Waals surface area (Å²) in [7, 11) is 4.55. The van der Waals surface area contributed by atoms with Crippen LogP contribution in [0.25, 0.3) is 11.1 Å². The first kappa shape index (κ1) is 14.9. The molecule has 21 heavy (non-hydrogen) atoms. The zero-order valence-corrected chi connectivity index (χ0v) is 11.9. The van der Waals surface area contributed by atoms with Crippen molar-refractivity contribution in [3.8, 4) is 28.4 Å². The molecule has 0 bridgehead atoms. The van der Waals surface area contributed by atoms with Crippen molar-refractivity contribution < 1.29 is 18.6 Å². The molecule has 2 rings (SSSR count). The molecule has 0 fully saturated rings. The van der Waals surface area contributed by atoms with E-state index >= 15 is 0 Å². The Hall–Kier alpha value is -2.54. The highest BCUT2D eigenvalue weighted by Gasteiger charge is 2.15. The van der Waals surface area contributed by atoms with Crippen LogP contribution in [0.5, 0.6) is 17.2 Å². The van der Waals surface area contributed by atoms with Gasteiger partial charge in [-0.15, -0.1) is 0 Å². The predicted molar refractivity (Wildman–Crippen MR) is 77.1 cm³/mol. The number of benzene rings is 1. The van der Waals surface area contributed by atoms with Crippen LogP contribution >= 0.6 is 0 Å². The molecule has 3 N–H and O–H groups in total. The number of hydrogen-bond donors (Lipinski definition) is 2. The Labute approximate surface area is 121 Å². The summed E-state index contributed by atoms with van der Waals surface area (Å²) in [6.07, 6.45) is 1.50. The summed E-state index contributed by atoms with van der Waals surface area (Å²) in [6.45, 7) is 0. The quantitative estimate of drug-likeness (QED) is 0.650. The number of methoxy groups -OCH3 is 3. The summed E-state index contributed by atoms with van der Waals surface area (Å²) >= 11 is 0. The van der Waals surface area contributed by atoms with Crippen LogP contribution in [-0.4, -0.2) is 26.3 Å². The maximum Gasteiger partial charge on any atom is 0.203 e. The van der Waals surface area contributed by atoms with E-state index in [0.29, 0.717) is 28.4 Å². The summed E-state index contributed by atoms with van der Waals surface area (Å²) in [5.74, 6) is 6.02. The standard InChI is InChI=1S/C14H16FN3O3/c1-19-11-5-8(6-12(20-2)13(11)21-3)9-4-10(15)14(18-16)17-7-9/h4-7H,16H2,1-3H3,(H,17,18). The normalized spacial score (nSPS) is 10.1. The lowest BCUT2D eigenvalue weighted by Gasteiger charge is -2.14. The number of hydrogen-bond acceptors (Lipinski definition) is 6. The van der Waals surface area contributed by atoms with E-state index in [9.17, 15) is 4.39 Å². The first-order valence-corrected chi connectivity index (χ1v) is 6.07. The molecule has 1 heterocycles. The number of rotatable bonds is 5. The van der Waals surface area contributed by atoms with E-state index in [1.807, 2.05) is 0 Å². The molecule has 0 saturated carbocycles. The van der Waals surface area contributed by atoms with Crippen molar-refractivity contribution in [3.05, 3.63) is 30.2 Å². The lowest BCUT2D eigenvalue weighted by Crippen LogP contribution is -2.10. The average molecular weight is 293 g/mol. The summed E-state index contributed by atoms with van der Waals surface area (Å²) in [4.78, 5) is 3.90. The van der Waals surface area contributed by atoms with E-state index in [4.69, 9.17) is 20.1 Å². The van der Waals surface area contributed by atoms with Gasteiger partial charge in [0.1, 0.15) is 0 Å². The number of nitrogens with zero attached hydrogens (tertiary/aromatic N) is 1. The number of anilines is 1. The average Bonchev–Trinajstić information content (AvgIpc) is 2.53. The first-order chi connectivity index (χ1) is 10.1. The number of aromatic nitrogens is 1. The van der Waals surface area contributed by atoms with Crippen molar-refractivity contribution in [2.75, 3.05) is 26.8 Å². The second-order valence-corrected chi connectivity index (χ2v) is 4.11. The molecular weight excluding hydrogens is 277 g/mol. The molecule has 112 valence electrons. The van der Waals surface area contributed by atoms with Gasteiger partial charge in [0.25, 0.3) is 0 Å². The first-order valence-electron chi connectivity index (χ1n) is 6.07. The van der Waals surface area contributed by atoms with Crippen LogP contribution in [0.4, 0.5) is 10.2 Å². The van der Waals surface area contributed by atoms with E-state index in [2.05, 4.69) is 10.4 Å². The fraction of sp³-hybridized carbons (Fsp3) is 0.214. The Morgan fingerprint density at radius 3 is 2.05 bits per heavy atom. The van der Waals surface area contributed by atoms with Crippen molar-refractivity contribution in [1.29, 1.82) is 0 Å². The van der Waals surface area contributed by atoms with Gasteiger partial charge in [-0.3, -0.25) is 0 Å². The van der Waals surface area contributed by atoms with E-state index in [1.165, 1.54) is 33.6 Å².